The summed E-state index contributed by atoms with van der Waals surface area (Å²) in [6.45, 7) is 3.29. The van der Waals surface area contributed by atoms with Gasteiger partial charge in [0.1, 0.15) is 11.6 Å². The lowest BCUT2D eigenvalue weighted by Gasteiger charge is -2.34. The Balaban J connectivity index is 1.47. The van der Waals surface area contributed by atoms with Gasteiger partial charge in [0.2, 0.25) is 0 Å². The number of amides is 1. The SMILES string of the molecule is O=C(COc1ccc(F)cc1)N[C@H]1COC[C@@H]1N1CCCCC1. The van der Waals surface area contributed by atoms with Crippen molar-refractivity contribution in [3.05, 3.63) is 30.1 Å². The number of piperidine rings is 1. The zero-order valence-electron chi connectivity index (χ0n) is 13.2. The van der Waals surface area contributed by atoms with Gasteiger partial charge in [-0.3, -0.25) is 9.69 Å². The molecule has 0 unspecified atom stereocenters. The Morgan fingerprint density at radius 1 is 1.22 bits per heavy atom. The van der Waals surface area contributed by atoms with Gasteiger partial charge in [-0.25, -0.2) is 4.39 Å². The Hall–Kier alpha value is -1.66. The maximum absolute atomic E-state index is 12.8. The fraction of sp³-hybridized carbons (Fsp3) is 0.588. The van der Waals surface area contributed by atoms with Crippen molar-refractivity contribution in [2.45, 2.75) is 31.3 Å². The Bertz CT molecular complexity index is 517. The molecule has 126 valence electrons. The summed E-state index contributed by atoms with van der Waals surface area (Å²) >= 11 is 0. The van der Waals surface area contributed by atoms with E-state index in [-0.39, 0.29) is 30.4 Å². The van der Waals surface area contributed by atoms with E-state index in [1.165, 1.54) is 43.5 Å². The number of carbonyl (C=O) groups is 1. The molecule has 3 rings (SSSR count). The summed E-state index contributed by atoms with van der Waals surface area (Å²) in [5.41, 5.74) is 0. The molecule has 2 saturated heterocycles. The molecule has 5 nitrogen and oxygen atoms in total. The van der Waals surface area contributed by atoms with Crippen LogP contribution in [-0.2, 0) is 9.53 Å². The van der Waals surface area contributed by atoms with Crippen molar-refractivity contribution in [1.82, 2.24) is 10.2 Å². The minimum absolute atomic E-state index is 0.0115. The molecule has 1 aromatic rings. The molecule has 2 heterocycles. The zero-order valence-corrected chi connectivity index (χ0v) is 13.2. The molecule has 1 N–H and O–H groups in total. The van der Waals surface area contributed by atoms with Gasteiger partial charge in [0.15, 0.2) is 6.61 Å². The van der Waals surface area contributed by atoms with Crippen LogP contribution in [0.25, 0.3) is 0 Å². The van der Waals surface area contributed by atoms with Crippen LogP contribution in [0.4, 0.5) is 4.39 Å². The molecular weight excluding hydrogens is 299 g/mol. The molecule has 0 aliphatic carbocycles. The second kappa shape index (κ2) is 7.75. The van der Waals surface area contributed by atoms with Crippen LogP contribution in [0.15, 0.2) is 24.3 Å². The molecule has 0 aromatic heterocycles. The number of carbonyl (C=O) groups excluding carboxylic acids is 1. The number of hydrogen-bond acceptors (Lipinski definition) is 4. The second-order valence-electron chi connectivity index (χ2n) is 6.12. The van der Waals surface area contributed by atoms with Gasteiger partial charge in [-0.05, 0) is 50.2 Å². The van der Waals surface area contributed by atoms with Crippen LogP contribution in [-0.4, -0.2) is 55.8 Å². The van der Waals surface area contributed by atoms with Gasteiger partial charge in [0.25, 0.3) is 5.91 Å². The normalized spacial score (nSPS) is 25.3. The number of ether oxygens (including phenoxy) is 2. The van der Waals surface area contributed by atoms with E-state index in [9.17, 15) is 9.18 Å². The Kier molecular flexibility index (Phi) is 5.46. The lowest BCUT2D eigenvalue weighted by Crippen LogP contribution is -2.53. The molecule has 0 saturated carbocycles. The number of likely N-dealkylation sites (tertiary alicyclic amines) is 1. The quantitative estimate of drug-likeness (QED) is 0.894. The van der Waals surface area contributed by atoms with Crippen molar-refractivity contribution in [3.63, 3.8) is 0 Å². The van der Waals surface area contributed by atoms with Gasteiger partial charge in [-0.15, -0.1) is 0 Å². The van der Waals surface area contributed by atoms with Gasteiger partial charge >= 0.3 is 0 Å². The van der Waals surface area contributed by atoms with Crippen molar-refractivity contribution >= 4 is 5.91 Å². The molecular formula is C17H23FN2O3. The highest BCUT2D eigenvalue weighted by molar-refractivity contribution is 5.78. The second-order valence-corrected chi connectivity index (χ2v) is 6.12. The van der Waals surface area contributed by atoms with Crippen molar-refractivity contribution in [3.8, 4) is 5.75 Å². The Morgan fingerprint density at radius 2 is 1.96 bits per heavy atom. The van der Waals surface area contributed by atoms with Crippen molar-refractivity contribution < 1.29 is 18.7 Å². The van der Waals surface area contributed by atoms with E-state index in [0.29, 0.717) is 19.0 Å². The van der Waals surface area contributed by atoms with E-state index in [4.69, 9.17) is 9.47 Å². The van der Waals surface area contributed by atoms with E-state index < -0.39 is 0 Å². The fourth-order valence-corrected chi connectivity index (χ4v) is 3.22. The summed E-state index contributed by atoms with van der Waals surface area (Å²) in [4.78, 5) is 14.5. The lowest BCUT2D eigenvalue weighted by molar-refractivity contribution is -0.124. The summed E-state index contributed by atoms with van der Waals surface area (Å²) in [5, 5.41) is 3.00. The number of benzene rings is 1. The van der Waals surface area contributed by atoms with Crippen LogP contribution >= 0.6 is 0 Å². The third kappa shape index (κ3) is 4.42. The minimum Gasteiger partial charge on any atom is -0.484 e. The highest BCUT2D eigenvalue weighted by atomic mass is 19.1. The fourth-order valence-electron chi connectivity index (χ4n) is 3.22. The van der Waals surface area contributed by atoms with E-state index in [1.54, 1.807) is 0 Å². The largest absolute Gasteiger partial charge is 0.484 e. The minimum atomic E-state index is -0.325. The highest BCUT2D eigenvalue weighted by Gasteiger charge is 2.34. The predicted molar refractivity (Wildman–Crippen MR) is 83.9 cm³/mol. The lowest BCUT2D eigenvalue weighted by atomic mass is 10.0. The molecule has 1 aromatic carbocycles. The maximum Gasteiger partial charge on any atom is 0.258 e. The molecule has 23 heavy (non-hydrogen) atoms. The number of nitrogens with one attached hydrogen (secondary N) is 1. The third-order valence-corrected chi connectivity index (χ3v) is 4.44. The van der Waals surface area contributed by atoms with Gasteiger partial charge in [0.05, 0.1) is 25.3 Å². The summed E-state index contributed by atoms with van der Waals surface area (Å²) in [6, 6.07) is 5.91. The maximum atomic E-state index is 12.8. The standard InChI is InChI=1S/C17H23FN2O3/c18-13-4-6-14(7-5-13)23-12-17(21)19-15-10-22-11-16(15)20-8-2-1-3-9-20/h4-7,15-16H,1-3,8-12H2,(H,19,21)/t15-,16-/m0/s1. The highest BCUT2D eigenvalue weighted by Crippen LogP contribution is 2.19. The number of nitrogens with zero attached hydrogens (tertiary/aromatic N) is 1. The Morgan fingerprint density at radius 3 is 2.70 bits per heavy atom. The first-order valence-electron chi connectivity index (χ1n) is 8.22. The molecule has 2 atom stereocenters. The monoisotopic (exact) mass is 322 g/mol. The average molecular weight is 322 g/mol. The summed E-state index contributed by atoms with van der Waals surface area (Å²) in [6.07, 6.45) is 3.71. The first-order chi connectivity index (χ1) is 11.2. The molecule has 1 amide bonds. The van der Waals surface area contributed by atoms with Crippen molar-refractivity contribution in [2.75, 3.05) is 32.9 Å². The van der Waals surface area contributed by atoms with Gasteiger partial charge < -0.3 is 14.8 Å². The smallest absolute Gasteiger partial charge is 0.258 e. The summed E-state index contributed by atoms with van der Waals surface area (Å²) in [7, 11) is 0. The van der Waals surface area contributed by atoms with Crippen molar-refractivity contribution in [1.29, 1.82) is 0 Å². The van der Waals surface area contributed by atoms with Crippen molar-refractivity contribution in [2.24, 2.45) is 0 Å². The summed E-state index contributed by atoms with van der Waals surface area (Å²) < 4.78 is 23.8. The molecule has 6 heteroatoms. The number of rotatable bonds is 5. The topological polar surface area (TPSA) is 50.8 Å². The zero-order chi connectivity index (χ0) is 16.1. The summed E-state index contributed by atoms with van der Waals surface area (Å²) in [5.74, 6) is -0.0158. The first-order valence-corrected chi connectivity index (χ1v) is 8.22. The number of halogens is 1. The molecule has 0 bridgehead atoms. The van der Waals surface area contributed by atoms with E-state index >= 15 is 0 Å². The first kappa shape index (κ1) is 16.2. The molecule has 0 radical (unpaired) electrons. The molecule has 2 aliphatic rings. The van der Waals surface area contributed by atoms with Crippen LogP contribution in [0, 0.1) is 5.82 Å². The molecule has 0 spiro atoms. The Labute approximate surface area is 135 Å². The van der Waals surface area contributed by atoms with Crippen LogP contribution < -0.4 is 10.1 Å². The van der Waals surface area contributed by atoms with Gasteiger partial charge in [0, 0.05) is 0 Å². The van der Waals surface area contributed by atoms with Gasteiger partial charge in [-0.2, -0.15) is 0 Å². The van der Waals surface area contributed by atoms with Crippen LogP contribution in [0.5, 0.6) is 5.75 Å². The average Bonchev–Trinajstić information content (AvgIpc) is 3.03. The van der Waals surface area contributed by atoms with Crippen LogP contribution in [0.1, 0.15) is 19.3 Å². The van der Waals surface area contributed by atoms with E-state index in [0.717, 1.165) is 13.1 Å². The molecule has 2 aliphatic heterocycles. The predicted octanol–water partition coefficient (Wildman–Crippen LogP) is 1.57. The molecule has 2 fully saturated rings. The number of hydrogen-bond donors (Lipinski definition) is 1. The van der Waals surface area contributed by atoms with Gasteiger partial charge in [-0.1, -0.05) is 6.42 Å². The van der Waals surface area contributed by atoms with E-state index in [1.807, 2.05) is 0 Å². The third-order valence-electron chi connectivity index (χ3n) is 4.44. The van der Waals surface area contributed by atoms with Crippen LogP contribution in [0.2, 0.25) is 0 Å². The van der Waals surface area contributed by atoms with E-state index in [2.05, 4.69) is 10.2 Å². The van der Waals surface area contributed by atoms with Crippen LogP contribution in [0.3, 0.4) is 0 Å².